The van der Waals surface area contributed by atoms with Crippen LogP contribution in [0.15, 0.2) is 164 Å². The van der Waals surface area contributed by atoms with Gasteiger partial charge in [-0.05, 0) is 95.4 Å². The van der Waals surface area contributed by atoms with Gasteiger partial charge in [0, 0.05) is 55.0 Å². The van der Waals surface area contributed by atoms with Crippen LogP contribution in [0.3, 0.4) is 0 Å². The fourth-order valence-electron chi connectivity index (χ4n) is 7.76. The van der Waals surface area contributed by atoms with E-state index in [-0.39, 0.29) is 32.4 Å². The van der Waals surface area contributed by atoms with Crippen LogP contribution in [0, 0.1) is 26.8 Å². The number of aromatic hydroxyl groups is 1. The van der Waals surface area contributed by atoms with E-state index in [1.165, 1.54) is 18.2 Å². The molecule has 0 bridgehead atoms. The molecule has 0 unspecified atom stereocenters. The summed E-state index contributed by atoms with van der Waals surface area (Å²) in [4.78, 5) is 10.1. The van der Waals surface area contributed by atoms with Crippen molar-refractivity contribution in [3.63, 3.8) is 0 Å². The van der Waals surface area contributed by atoms with Crippen LogP contribution in [-0.4, -0.2) is 19.6 Å². The minimum atomic E-state index is -3.50. The molecular weight excluding hydrogens is 914 g/mol. The quantitative estimate of drug-likeness (QED) is 0.162. The number of rotatable bonds is 7. The first kappa shape index (κ1) is 28.2. The Morgan fingerprint density at radius 2 is 1.32 bits per heavy atom. The molecule has 9 aromatic rings. The van der Waals surface area contributed by atoms with Crippen LogP contribution < -0.4 is 0 Å². The number of phenolic OH excluding ortho intramolecular Hbond substituents is 1. The number of aromatic nitrogens is 3. The maximum Gasteiger partial charge on any atom is 0.148 e. The Balaban J connectivity index is 0.00000693. The fourth-order valence-corrected chi connectivity index (χ4v) is 7.76. The second kappa shape index (κ2) is 16.4. The second-order valence-corrected chi connectivity index (χ2v) is 14.8. The Morgan fingerprint density at radius 1 is 0.600 bits per heavy atom. The van der Waals surface area contributed by atoms with Crippen LogP contribution in [0.25, 0.3) is 83.9 Å². The first-order chi connectivity index (χ1) is 33.5. The smallest absolute Gasteiger partial charge is 0.148 e. The molecule has 60 heavy (non-hydrogen) atoms. The standard InChI is InChI=1S/C55H46N3O.Pt/c1-35-20-22-39(23-21-35)41-26-27-56-49(33-41)44-31-42(38-14-9-7-10-15-38)30-43(32-44)46-18-13-19-51-52(46)57-54(48-29-36(2)28-37(3)53(48)59)58(51)50-25-24-45(55(4,5)6)34-47(50)40-16-11-8-12-17-40;/h7-31,33-34,59H,1-6H3;/q-1;/i1D3,4D3,5D3,6D3;. The summed E-state index contributed by atoms with van der Waals surface area (Å²) in [6, 6.07) is 50.4. The number of phenols is 1. The Hall–Kier alpha value is -6.35. The van der Waals surface area contributed by atoms with E-state index in [0.29, 0.717) is 67.2 Å². The molecule has 4 nitrogen and oxygen atoms in total. The van der Waals surface area contributed by atoms with E-state index in [1.807, 2.05) is 96.4 Å². The maximum absolute atomic E-state index is 11.9. The molecule has 2 heterocycles. The van der Waals surface area contributed by atoms with E-state index in [0.717, 1.165) is 27.8 Å². The van der Waals surface area contributed by atoms with Crippen molar-refractivity contribution in [2.45, 2.75) is 46.7 Å². The molecule has 0 amide bonds. The summed E-state index contributed by atoms with van der Waals surface area (Å²) in [6.07, 6.45) is 1.70. The van der Waals surface area contributed by atoms with Gasteiger partial charge in [0.25, 0.3) is 0 Å². The van der Waals surface area contributed by atoms with Crippen molar-refractivity contribution in [3.05, 3.63) is 192 Å². The summed E-state index contributed by atoms with van der Waals surface area (Å²) in [5.41, 5.74) is 6.64. The van der Waals surface area contributed by atoms with Crippen molar-refractivity contribution in [2.24, 2.45) is 0 Å². The molecule has 0 spiro atoms. The zero-order valence-corrected chi connectivity index (χ0v) is 35.0. The number of aryl methyl sites for hydroxylation is 3. The number of hydrogen-bond donors (Lipinski definition) is 1. The number of pyridine rings is 1. The summed E-state index contributed by atoms with van der Waals surface area (Å²) >= 11 is 0. The SMILES string of the molecule is [2H]C([2H])([2H])c1ccc(-c2ccnc(-c3[c-]c(-c4cccc5c4nc(-c4cc(C)cc(C)c4O)n5-c4ccc(C(C([2H])([2H])[2H])(C([2H])([2H])[2H])C([2H])([2H])[2H])cc4-c4ccccc4)cc(-c4ccccc4)c3)c2)cc1.[Pt]. The molecule has 0 radical (unpaired) electrons. The molecule has 0 atom stereocenters. The molecular formula is C55H46N3OPt-. The fraction of sp³-hybridized carbons (Fsp3) is 0.127. The van der Waals surface area contributed by atoms with Gasteiger partial charge in [0.15, 0.2) is 0 Å². The average molecular weight is 972 g/mol. The van der Waals surface area contributed by atoms with E-state index in [9.17, 15) is 5.11 Å². The Morgan fingerprint density at radius 3 is 2.05 bits per heavy atom. The molecule has 0 aliphatic carbocycles. The summed E-state index contributed by atoms with van der Waals surface area (Å²) < 4.78 is 102. The average Bonchev–Trinajstić information content (AvgIpc) is 3.71. The third kappa shape index (κ3) is 7.76. The minimum absolute atomic E-state index is 0. The van der Waals surface area contributed by atoms with Crippen molar-refractivity contribution in [3.8, 4) is 78.6 Å². The predicted octanol–water partition coefficient (Wildman–Crippen LogP) is 14.1. The molecule has 2 aromatic heterocycles. The molecule has 0 aliphatic heterocycles. The molecule has 7 aromatic carbocycles. The van der Waals surface area contributed by atoms with Crippen molar-refractivity contribution in [2.75, 3.05) is 0 Å². The summed E-state index contributed by atoms with van der Waals surface area (Å²) in [6.45, 7) is -9.06. The van der Waals surface area contributed by atoms with Crippen LogP contribution in [0.2, 0.25) is 0 Å². The number of fused-ring (bicyclic) bond motifs is 1. The van der Waals surface area contributed by atoms with Crippen molar-refractivity contribution >= 4 is 11.0 Å². The summed E-state index contributed by atoms with van der Waals surface area (Å²) in [5, 5.41) is 11.9. The van der Waals surface area contributed by atoms with Gasteiger partial charge in [-0.2, -0.15) is 0 Å². The molecule has 9 rings (SSSR count). The number of para-hydroxylation sites is 1. The van der Waals surface area contributed by atoms with Crippen LogP contribution in [0.4, 0.5) is 0 Å². The van der Waals surface area contributed by atoms with Crippen LogP contribution in [-0.2, 0) is 26.5 Å². The maximum atomic E-state index is 11.9. The van der Waals surface area contributed by atoms with Gasteiger partial charge in [-0.3, -0.25) is 9.55 Å². The van der Waals surface area contributed by atoms with E-state index >= 15 is 0 Å². The third-order valence-corrected chi connectivity index (χ3v) is 10.6. The van der Waals surface area contributed by atoms with E-state index in [2.05, 4.69) is 6.07 Å². The molecule has 5 heteroatoms. The number of benzene rings is 7. The van der Waals surface area contributed by atoms with Gasteiger partial charge in [-0.1, -0.05) is 158 Å². The van der Waals surface area contributed by atoms with Gasteiger partial charge in [0.1, 0.15) is 11.6 Å². The molecule has 298 valence electrons. The van der Waals surface area contributed by atoms with Crippen LogP contribution >= 0.6 is 0 Å². The van der Waals surface area contributed by atoms with Gasteiger partial charge in [-0.15, -0.1) is 23.8 Å². The van der Waals surface area contributed by atoms with Gasteiger partial charge in [-0.25, -0.2) is 4.98 Å². The topological polar surface area (TPSA) is 50.9 Å². The number of hydrogen-bond acceptors (Lipinski definition) is 3. The predicted molar refractivity (Wildman–Crippen MR) is 245 cm³/mol. The molecule has 0 saturated carbocycles. The Bertz CT molecular complexity index is 3420. The zero-order chi connectivity index (χ0) is 50.8. The first-order valence-electron chi connectivity index (χ1n) is 25.2. The molecule has 1 N–H and O–H groups in total. The van der Waals surface area contributed by atoms with Gasteiger partial charge in [0.05, 0.1) is 22.3 Å². The Kier molecular flexibility index (Phi) is 7.68. The van der Waals surface area contributed by atoms with Gasteiger partial charge < -0.3 is 5.11 Å². The summed E-state index contributed by atoms with van der Waals surface area (Å²) in [7, 11) is 0. The van der Waals surface area contributed by atoms with E-state index in [4.69, 9.17) is 26.4 Å². The molecule has 0 aliphatic rings. The number of imidazole rings is 1. The third-order valence-electron chi connectivity index (χ3n) is 10.6. The monoisotopic (exact) mass is 971 g/mol. The largest absolute Gasteiger partial charge is 0.507 e. The van der Waals surface area contributed by atoms with Gasteiger partial charge in [0.2, 0.25) is 0 Å². The number of nitrogens with zero attached hydrogens (tertiary/aromatic N) is 3. The van der Waals surface area contributed by atoms with E-state index in [1.54, 1.807) is 67.7 Å². The Labute approximate surface area is 384 Å². The van der Waals surface area contributed by atoms with Crippen molar-refractivity contribution in [1.29, 1.82) is 0 Å². The van der Waals surface area contributed by atoms with E-state index < -0.39 is 38.4 Å². The molecule has 0 saturated heterocycles. The van der Waals surface area contributed by atoms with Crippen LogP contribution in [0.1, 0.15) is 59.3 Å². The normalized spacial score (nSPS) is 15.2. The first-order valence-corrected chi connectivity index (χ1v) is 19.2. The molecule has 0 fully saturated rings. The second-order valence-electron chi connectivity index (χ2n) is 14.8. The minimum Gasteiger partial charge on any atom is -0.507 e. The van der Waals surface area contributed by atoms with Crippen LogP contribution in [0.5, 0.6) is 5.75 Å². The summed E-state index contributed by atoms with van der Waals surface area (Å²) in [5.74, 6) is 0.269. The van der Waals surface area contributed by atoms with Crippen molar-refractivity contribution in [1.82, 2.24) is 14.5 Å². The van der Waals surface area contributed by atoms with Gasteiger partial charge >= 0.3 is 0 Å². The van der Waals surface area contributed by atoms with Crippen molar-refractivity contribution < 1.29 is 42.6 Å². The zero-order valence-electron chi connectivity index (χ0n) is 44.7.